The monoisotopic (exact) mass is 263 g/mol. The molecule has 4 heteroatoms. The highest BCUT2D eigenvalue weighted by atomic mass is 32.1. The van der Waals surface area contributed by atoms with Crippen molar-refractivity contribution < 1.29 is 0 Å². The van der Waals surface area contributed by atoms with Crippen molar-refractivity contribution in [1.29, 1.82) is 0 Å². The molecular weight excluding hydrogens is 242 g/mol. The van der Waals surface area contributed by atoms with Gasteiger partial charge in [-0.05, 0) is 51.8 Å². The molecular formula is C14H21N3S. The third-order valence-electron chi connectivity index (χ3n) is 3.63. The van der Waals surface area contributed by atoms with Gasteiger partial charge in [-0.1, -0.05) is 0 Å². The van der Waals surface area contributed by atoms with Gasteiger partial charge in [0.05, 0.1) is 5.69 Å². The molecule has 0 bridgehead atoms. The smallest absolute Gasteiger partial charge is 0.0641 e. The van der Waals surface area contributed by atoms with E-state index in [0.717, 1.165) is 12.2 Å². The van der Waals surface area contributed by atoms with Crippen molar-refractivity contribution in [2.24, 2.45) is 0 Å². The minimum atomic E-state index is 0.380. The highest BCUT2D eigenvalue weighted by Crippen LogP contribution is 2.27. The fraction of sp³-hybridized carbons (Fsp3) is 0.500. The second-order valence-electron chi connectivity index (χ2n) is 4.97. The predicted molar refractivity (Wildman–Crippen MR) is 77.0 cm³/mol. The Labute approximate surface area is 113 Å². The van der Waals surface area contributed by atoms with Gasteiger partial charge in [-0.2, -0.15) is 5.10 Å². The predicted octanol–water partition coefficient (Wildman–Crippen LogP) is 3.59. The molecule has 0 unspecified atom stereocenters. The van der Waals surface area contributed by atoms with Crippen LogP contribution in [0.3, 0.4) is 0 Å². The molecule has 0 aromatic carbocycles. The Morgan fingerprint density at radius 3 is 2.61 bits per heavy atom. The summed E-state index contributed by atoms with van der Waals surface area (Å²) in [5, 5.41) is 9.52. The zero-order chi connectivity index (χ0) is 13.3. The second-order valence-corrected chi connectivity index (χ2v) is 5.97. The first kappa shape index (κ1) is 13.3. The van der Waals surface area contributed by atoms with Crippen molar-refractivity contribution in [2.75, 3.05) is 7.05 Å². The largest absolute Gasteiger partial charge is 0.294 e. The number of nitrogens with zero attached hydrogens (tertiary/aromatic N) is 2. The third kappa shape index (κ3) is 2.49. The Kier molecular flexibility index (Phi) is 3.88. The van der Waals surface area contributed by atoms with Crippen molar-refractivity contribution >= 4 is 11.3 Å². The van der Waals surface area contributed by atoms with Crippen LogP contribution in [0.5, 0.6) is 0 Å². The average molecular weight is 263 g/mol. The Morgan fingerprint density at radius 1 is 1.39 bits per heavy atom. The van der Waals surface area contributed by atoms with Gasteiger partial charge < -0.3 is 0 Å². The SMILES string of the molecule is Cc1ccsc1CN(C)[C@H](C)c1c(C)n[nH]c1C. The molecule has 0 aliphatic carbocycles. The number of hydrogen-bond donors (Lipinski definition) is 1. The van der Waals surface area contributed by atoms with Crippen LogP contribution in [0.4, 0.5) is 0 Å². The average Bonchev–Trinajstić information content (AvgIpc) is 2.86. The molecule has 0 aliphatic heterocycles. The van der Waals surface area contributed by atoms with Crippen LogP contribution < -0.4 is 0 Å². The molecule has 0 spiro atoms. The molecule has 1 atom stereocenters. The summed E-state index contributed by atoms with van der Waals surface area (Å²) in [4.78, 5) is 3.83. The van der Waals surface area contributed by atoms with Gasteiger partial charge in [0.15, 0.2) is 0 Å². The topological polar surface area (TPSA) is 31.9 Å². The van der Waals surface area contributed by atoms with Crippen LogP contribution in [0.1, 0.15) is 40.4 Å². The van der Waals surface area contributed by atoms with Crippen LogP contribution in [0.15, 0.2) is 11.4 Å². The number of aromatic nitrogens is 2. The number of H-pyrrole nitrogens is 1. The maximum atomic E-state index is 4.29. The molecule has 0 amide bonds. The first-order valence-corrected chi connectivity index (χ1v) is 7.13. The fourth-order valence-electron chi connectivity index (χ4n) is 2.33. The lowest BCUT2D eigenvalue weighted by molar-refractivity contribution is 0.253. The Balaban J connectivity index is 2.14. The van der Waals surface area contributed by atoms with E-state index in [0.29, 0.717) is 6.04 Å². The highest BCUT2D eigenvalue weighted by Gasteiger charge is 2.19. The maximum Gasteiger partial charge on any atom is 0.0641 e. The number of hydrogen-bond acceptors (Lipinski definition) is 3. The van der Waals surface area contributed by atoms with Crippen LogP contribution in [0, 0.1) is 20.8 Å². The summed E-state index contributed by atoms with van der Waals surface area (Å²) in [6, 6.07) is 2.57. The van der Waals surface area contributed by atoms with Crippen LogP contribution >= 0.6 is 11.3 Å². The van der Waals surface area contributed by atoms with Crippen molar-refractivity contribution in [3.63, 3.8) is 0 Å². The molecule has 2 rings (SSSR count). The van der Waals surface area contributed by atoms with E-state index in [1.807, 2.05) is 11.3 Å². The molecule has 2 heterocycles. The number of aryl methyl sites for hydroxylation is 3. The molecule has 0 radical (unpaired) electrons. The van der Waals surface area contributed by atoms with Gasteiger partial charge in [0.25, 0.3) is 0 Å². The summed E-state index contributed by atoms with van der Waals surface area (Å²) in [6.45, 7) is 9.58. The van der Waals surface area contributed by atoms with E-state index in [1.165, 1.54) is 21.7 Å². The summed E-state index contributed by atoms with van der Waals surface area (Å²) in [5.74, 6) is 0. The lowest BCUT2D eigenvalue weighted by Crippen LogP contribution is -2.22. The fourth-order valence-corrected chi connectivity index (χ4v) is 3.29. The van der Waals surface area contributed by atoms with Crippen LogP contribution in [-0.4, -0.2) is 22.1 Å². The zero-order valence-electron chi connectivity index (χ0n) is 11.7. The number of thiophene rings is 1. The van der Waals surface area contributed by atoms with Gasteiger partial charge in [0, 0.05) is 28.7 Å². The highest BCUT2D eigenvalue weighted by molar-refractivity contribution is 7.10. The Hall–Kier alpha value is -1.13. The van der Waals surface area contributed by atoms with Crippen molar-refractivity contribution in [1.82, 2.24) is 15.1 Å². The van der Waals surface area contributed by atoms with Gasteiger partial charge in [0.2, 0.25) is 0 Å². The van der Waals surface area contributed by atoms with Gasteiger partial charge in [-0.15, -0.1) is 11.3 Å². The molecule has 1 N–H and O–H groups in total. The standard InChI is InChI=1S/C14H21N3S/c1-9-6-7-18-13(9)8-17(5)12(4)14-10(2)15-16-11(14)3/h6-7,12H,8H2,1-5H3,(H,15,16)/t12-/m1/s1. The Morgan fingerprint density at radius 2 is 2.11 bits per heavy atom. The molecule has 18 heavy (non-hydrogen) atoms. The normalized spacial score (nSPS) is 13.2. The van der Waals surface area contributed by atoms with E-state index in [2.05, 4.69) is 61.3 Å². The van der Waals surface area contributed by atoms with E-state index >= 15 is 0 Å². The minimum absolute atomic E-state index is 0.380. The van der Waals surface area contributed by atoms with Gasteiger partial charge in [-0.25, -0.2) is 0 Å². The van der Waals surface area contributed by atoms with E-state index in [4.69, 9.17) is 0 Å². The van der Waals surface area contributed by atoms with Gasteiger partial charge in [-0.3, -0.25) is 10.00 Å². The van der Waals surface area contributed by atoms with E-state index < -0.39 is 0 Å². The lowest BCUT2D eigenvalue weighted by Gasteiger charge is -2.25. The third-order valence-corrected chi connectivity index (χ3v) is 4.63. The van der Waals surface area contributed by atoms with Crippen LogP contribution in [0.25, 0.3) is 0 Å². The van der Waals surface area contributed by atoms with Crippen molar-refractivity contribution in [2.45, 2.75) is 40.3 Å². The summed E-state index contributed by atoms with van der Waals surface area (Å²) in [7, 11) is 2.18. The van der Waals surface area contributed by atoms with Crippen molar-refractivity contribution in [3.8, 4) is 0 Å². The molecule has 0 saturated heterocycles. The summed E-state index contributed by atoms with van der Waals surface area (Å²) < 4.78 is 0. The lowest BCUT2D eigenvalue weighted by atomic mass is 10.1. The van der Waals surface area contributed by atoms with E-state index in [9.17, 15) is 0 Å². The summed E-state index contributed by atoms with van der Waals surface area (Å²) in [6.07, 6.45) is 0. The van der Waals surface area contributed by atoms with Gasteiger partial charge >= 0.3 is 0 Å². The molecule has 0 fully saturated rings. The molecule has 98 valence electrons. The quantitative estimate of drug-likeness (QED) is 0.914. The molecule has 0 saturated carbocycles. The summed E-state index contributed by atoms with van der Waals surface area (Å²) >= 11 is 1.84. The van der Waals surface area contributed by atoms with Crippen molar-refractivity contribution in [3.05, 3.63) is 38.8 Å². The van der Waals surface area contributed by atoms with E-state index in [-0.39, 0.29) is 0 Å². The zero-order valence-corrected chi connectivity index (χ0v) is 12.6. The van der Waals surface area contributed by atoms with Gasteiger partial charge in [0.1, 0.15) is 0 Å². The first-order valence-electron chi connectivity index (χ1n) is 6.25. The second kappa shape index (κ2) is 5.24. The molecule has 2 aromatic heterocycles. The van der Waals surface area contributed by atoms with E-state index in [1.54, 1.807) is 0 Å². The van der Waals surface area contributed by atoms with Crippen LogP contribution in [-0.2, 0) is 6.54 Å². The first-order chi connectivity index (χ1) is 8.50. The maximum absolute atomic E-state index is 4.29. The molecule has 3 nitrogen and oxygen atoms in total. The Bertz CT molecular complexity index is 507. The molecule has 2 aromatic rings. The van der Waals surface area contributed by atoms with Crippen LogP contribution in [0.2, 0.25) is 0 Å². The number of rotatable bonds is 4. The summed E-state index contributed by atoms with van der Waals surface area (Å²) in [5.41, 5.74) is 5.00. The number of nitrogens with one attached hydrogen (secondary N) is 1. The number of aromatic amines is 1. The minimum Gasteiger partial charge on any atom is -0.294 e. The molecule has 0 aliphatic rings.